The Bertz CT molecular complexity index is 1130. The summed E-state index contributed by atoms with van der Waals surface area (Å²) in [6.45, 7) is 0.454. The molecule has 0 fully saturated rings. The first kappa shape index (κ1) is 18.3. The minimum absolute atomic E-state index is 0.253. The molecule has 0 atom stereocenters. The number of hydrogen-bond acceptors (Lipinski definition) is 4. The van der Waals surface area contributed by atoms with Crippen LogP contribution in [0.4, 0.5) is 19.1 Å². The highest BCUT2D eigenvalue weighted by molar-refractivity contribution is 6.29. The largest absolute Gasteiger partial charge is 0.434 e. The van der Waals surface area contributed by atoms with Crippen molar-refractivity contribution in [2.45, 2.75) is 12.7 Å². The van der Waals surface area contributed by atoms with E-state index in [1.165, 1.54) is 11.6 Å². The van der Waals surface area contributed by atoms with E-state index in [9.17, 15) is 13.2 Å². The summed E-state index contributed by atoms with van der Waals surface area (Å²) in [4.78, 5) is 12.1. The van der Waals surface area contributed by atoms with Crippen LogP contribution in [0, 0.1) is 0 Å². The molecule has 0 amide bonds. The van der Waals surface area contributed by atoms with Gasteiger partial charge in [0.05, 0.1) is 0 Å². The number of rotatable bonds is 4. The van der Waals surface area contributed by atoms with E-state index in [1.54, 1.807) is 35.0 Å². The van der Waals surface area contributed by atoms with Crippen molar-refractivity contribution < 1.29 is 13.2 Å². The van der Waals surface area contributed by atoms with Crippen LogP contribution in [0.1, 0.15) is 11.3 Å². The Kier molecular flexibility index (Phi) is 4.46. The number of aromatic nitrogens is 5. The Morgan fingerprint density at radius 2 is 1.89 bits per heavy atom. The Balaban J connectivity index is 1.52. The van der Waals surface area contributed by atoms with Crippen LogP contribution in [0.3, 0.4) is 0 Å². The summed E-state index contributed by atoms with van der Waals surface area (Å²) in [5.74, 6) is 0.798. The highest BCUT2D eigenvalue weighted by Gasteiger charge is 2.34. The molecular formula is C18H14ClF3N6. The highest BCUT2D eigenvalue weighted by Crippen LogP contribution is 2.30. The summed E-state index contributed by atoms with van der Waals surface area (Å²) in [5, 5.41) is 3.51. The molecule has 0 bridgehead atoms. The zero-order valence-electron chi connectivity index (χ0n) is 14.6. The first-order valence-corrected chi connectivity index (χ1v) is 8.62. The smallest absolute Gasteiger partial charge is 0.351 e. The lowest BCUT2D eigenvalue weighted by molar-refractivity contribution is -0.140. The molecule has 0 spiro atoms. The molecule has 6 nitrogen and oxygen atoms in total. The molecule has 0 unspecified atom stereocenters. The van der Waals surface area contributed by atoms with Gasteiger partial charge in [0.2, 0.25) is 5.95 Å². The molecule has 0 saturated heterocycles. The summed E-state index contributed by atoms with van der Waals surface area (Å²) in [6, 6.07) is 8.76. The fraction of sp³-hybridized carbons (Fsp3) is 0.167. The maximum atomic E-state index is 12.8. The number of hydrogen-bond donors (Lipinski definition) is 1. The number of imidazole rings is 2. The van der Waals surface area contributed by atoms with E-state index >= 15 is 0 Å². The monoisotopic (exact) mass is 406 g/mol. The van der Waals surface area contributed by atoms with Crippen molar-refractivity contribution in [3.05, 3.63) is 65.3 Å². The maximum Gasteiger partial charge on any atom is 0.434 e. The molecule has 0 radical (unpaired) electrons. The van der Waals surface area contributed by atoms with Crippen molar-refractivity contribution in [2.75, 3.05) is 5.32 Å². The summed E-state index contributed by atoms with van der Waals surface area (Å²) in [6.07, 6.45) is -0.0761. The molecular weight excluding hydrogens is 393 g/mol. The first-order valence-electron chi connectivity index (χ1n) is 8.24. The third-order valence-corrected chi connectivity index (χ3v) is 4.38. The molecule has 3 aromatic heterocycles. The second kappa shape index (κ2) is 6.83. The van der Waals surface area contributed by atoms with Gasteiger partial charge in [-0.3, -0.25) is 4.40 Å². The molecule has 144 valence electrons. The van der Waals surface area contributed by atoms with Crippen molar-refractivity contribution in [1.29, 1.82) is 0 Å². The van der Waals surface area contributed by atoms with Gasteiger partial charge in [-0.2, -0.15) is 13.2 Å². The molecule has 1 aromatic carbocycles. The Labute approximate surface area is 162 Å². The Hall–Kier alpha value is -3.07. The third-order valence-electron chi connectivity index (χ3n) is 4.19. The van der Waals surface area contributed by atoms with Crippen molar-refractivity contribution >= 4 is 23.2 Å². The zero-order valence-corrected chi connectivity index (χ0v) is 15.3. The van der Waals surface area contributed by atoms with Crippen LogP contribution in [0.2, 0.25) is 5.15 Å². The van der Waals surface area contributed by atoms with Gasteiger partial charge >= 0.3 is 6.18 Å². The van der Waals surface area contributed by atoms with Crippen LogP contribution in [-0.4, -0.2) is 23.9 Å². The van der Waals surface area contributed by atoms with Gasteiger partial charge in [-0.25, -0.2) is 15.0 Å². The lowest BCUT2D eigenvalue weighted by Crippen LogP contribution is -2.06. The summed E-state index contributed by atoms with van der Waals surface area (Å²) in [7, 11) is 1.54. The molecule has 28 heavy (non-hydrogen) atoms. The zero-order chi connectivity index (χ0) is 19.9. The molecule has 1 N–H and O–H groups in total. The number of alkyl halides is 3. The predicted molar refractivity (Wildman–Crippen MR) is 99.0 cm³/mol. The molecule has 0 aliphatic rings. The van der Waals surface area contributed by atoms with Crippen LogP contribution in [0.25, 0.3) is 17.0 Å². The first-order chi connectivity index (χ1) is 13.3. The number of nitrogens with zero attached hydrogens (tertiary/aromatic N) is 5. The van der Waals surface area contributed by atoms with Crippen LogP contribution in [0.5, 0.6) is 0 Å². The number of fused-ring (bicyclic) bond motifs is 1. The summed E-state index contributed by atoms with van der Waals surface area (Å²) >= 11 is 6.01. The van der Waals surface area contributed by atoms with E-state index < -0.39 is 11.9 Å². The average Bonchev–Trinajstić information content (AvgIpc) is 3.26. The second-order valence-corrected chi connectivity index (χ2v) is 6.55. The standard InChI is InChI=1S/C18H14ClF3N6/c1-27-10-13(18(20,21)22)25-16(27)12-4-2-11(3-5-12)9-24-17-26-14(19)8-15-23-6-7-28(15)17/h2-8,10H,9H2,1H3,(H,24,26). The van der Waals surface area contributed by atoms with Gasteiger partial charge in [-0.1, -0.05) is 35.9 Å². The number of anilines is 1. The Morgan fingerprint density at radius 3 is 2.57 bits per heavy atom. The molecule has 3 heterocycles. The van der Waals surface area contributed by atoms with Gasteiger partial charge in [0.1, 0.15) is 16.6 Å². The fourth-order valence-electron chi connectivity index (χ4n) is 2.84. The molecule has 0 saturated carbocycles. The van der Waals surface area contributed by atoms with E-state index in [0.717, 1.165) is 11.8 Å². The normalized spacial score (nSPS) is 11.9. The van der Waals surface area contributed by atoms with Gasteiger partial charge < -0.3 is 9.88 Å². The van der Waals surface area contributed by atoms with Crippen molar-refractivity contribution in [3.63, 3.8) is 0 Å². The van der Waals surface area contributed by atoms with E-state index in [1.807, 2.05) is 12.1 Å². The number of aryl methyl sites for hydroxylation is 1. The predicted octanol–water partition coefficient (Wildman–Crippen LogP) is 4.41. The van der Waals surface area contributed by atoms with E-state index in [2.05, 4.69) is 20.3 Å². The topological polar surface area (TPSA) is 60.0 Å². The lowest BCUT2D eigenvalue weighted by atomic mass is 10.1. The molecule has 4 rings (SSSR count). The third kappa shape index (κ3) is 3.53. The van der Waals surface area contributed by atoms with Gasteiger partial charge in [0.25, 0.3) is 0 Å². The van der Waals surface area contributed by atoms with Crippen LogP contribution < -0.4 is 5.32 Å². The van der Waals surface area contributed by atoms with Crippen LogP contribution in [-0.2, 0) is 19.8 Å². The van der Waals surface area contributed by atoms with Crippen LogP contribution in [0.15, 0.2) is 48.9 Å². The number of nitrogens with one attached hydrogen (secondary N) is 1. The van der Waals surface area contributed by atoms with Crippen molar-refractivity contribution in [3.8, 4) is 11.4 Å². The molecule has 0 aliphatic heterocycles. The van der Waals surface area contributed by atoms with Gasteiger partial charge in [-0.05, 0) is 5.56 Å². The van der Waals surface area contributed by atoms with E-state index in [-0.39, 0.29) is 5.82 Å². The van der Waals surface area contributed by atoms with Crippen LogP contribution >= 0.6 is 11.6 Å². The maximum absolute atomic E-state index is 12.8. The molecule has 10 heteroatoms. The molecule has 4 aromatic rings. The fourth-order valence-corrected chi connectivity index (χ4v) is 3.02. The van der Waals surface area contributed by atoms with Crippen molar-refractivity contribution in [2.24, 2.45) is 7.05 Å². The SMILES string of the molecule is Cn1cc(C(F)(F)F)nc1-c1ccc(CNc2nc(Cl)cc3nccn23)cc1. The highest BCUT2D eigenvalue weighted by atomic mass is 35.5. The lowest BCUT2D eigenvalue weighted by Gasteiger charge is -2.09. The van der Waals surface area contributed by atoms with E-state index in [4.69, 9.17) is 11.6 Å². The minimum atomic E-state index is -4.47. The average molecular weight is 407 g/mol. The summed E-state index contributed by atoms with van der Waals surface area (Å²) in [5.41, 5.74) is 1.28. The Morgan fingerprint density at radius 1 is 1.14 bits per heavy atom. The van der Waals surface area contributed by atoms with Gasteiger partial charge in [0, 0.05) is 43.8 Å². The number of benzene rings is 1. The van der Waals surface area contributed by atoms with E-state index in [0.29, 0.717) is 28.9 Å². The van der Waals surface area contributed by atoms with Gasteiger partial charge in [-0.15, -0.1) is 0 Å². The van der Waals surface area contributed by atoms with Gasteiger partial charge in [0.15, 0.2) is 5.69 Å². The quantitative estimate of drug-likeness (QED) is 0.510. The minimum Gasteiger partial charge on any atom is -0.351 e. The summed E-state index contributed by atoms with van der Waals surface area (Å²) < 4.78 is 41.6. The molecule has 0 aliphatic carbocycles. The number of halogens is 4. The second-order valence-electron chi connectivity index (χ2n) is 6.17. The van der Waals surface area contributed by atoms with Crippen molar-refractivity contribution in [1.82, 2.24) is 23.9 Å².